The third kappa shape index (κ3) is 3.85. The molecule has 2 aromatic heterocycles. The summed E-state index contributed by atoms with van der Waals surface area (Å²) in [6, 6.07) is 0.0371. The van der Waals surface area contributed by atoms with Gasteiger partial charge in [-0.15, -0.1) is 0 Å². The van der Waals surface area contributed by atoms with Gasteiger partial charge in [0.15, 0.2) is 21.9 Å². The Hall–Kier alpha value is -1.98. The first-order valence-electron chi connectivity index (χ1n) is 10.1. The average Bonchev–Trinajstić information content (AvgIpc) is 3.26. The SMILES string of the molecule is C[C@@H]1OCC2(CCN(c3nc(NC(=O)OC(C)(C)C)c(Br)n4ncnc34)CC2)[C@@H]1N. The lowest BCUT2D eigenvalue weighted by molar-refractivity contribution is 0.0635. The molecule has 3 N–H and O–H groups in total. The standard InChI is InChI=1S/C19H28BrN7O3/c1-11-12(21)19(9-29-11)5-7-26(8-6-19)16-15-22-10-23-27(15)13(20)14(24-16)25-17(28)30-18(2,3)4/h10-12H,5-9,21H2,1-4H3,(H,25,28)/t11-,12+/m0/s1. The highest BCUT2D eigenvalue weighted by molar-refractivity contribution is 9.10. The van der Waals surface area contributed by atoms with Crippen LogP contribution >= 0.6 is 15.9 Å². The fourth-order valence-electron chi connectivity index (χ4n) is 4.17. The van der Waals surface area contributed by atoms with E-state index in [0.29, 0.717) is 28.5 Å². The lowest BCUT2D eigenvalue weighted by atomic mass is 9.73. The summed E-state index contributed by atoms with van der Waals surface area (Å²) in [6.07, 6.45) is 2.78. The van der Waals surface area contributed by atoms with Crippen molar-refractivity contribution >= 4 is 39.3 Å². The summed E-state index contributed by atoms with van der Waals surface area (Å²) >= 11 is 3.47. The van der Waals surface area contributed by atoms with E-state index in [-0.39, 0.29) is 17.6 Å². The Balaban J connectivity index is 1.59. The minimum atomic E-state index is -0.614. The van der Waals surface area contributed by atoms with Crippen molar-refractivity contribution in [3.05, 3.63) is 10.9 Å². The van der Waals surface area contributed by atoms with E-state index in [0.717, 1.165) is 25.9 Å². The van der Waals surface area contributed by atoms with Crippen molar-refractivity contribution in [2.75, 3.05) is 29.9 Å². The Morgan fingerprint density at radius 2 is 2.10 bits per heavy atom. The minimum Gasteiger partial charge on any atom is -0.444 e. The maximum Gasteiger partial charge on any atom is 0.413 e. The van der Waals surface area contributed by atoms with Gasteiger partial charge in [0.25, 0.3) is 0 Å². The zero-order valence-electron chi connectivity index (χ0n) is 17.7. The molecule has 0 bridgehead atoms. The number of rotatable bonds is 2. The van der Waals surface area contributed by atoms with E-state index in [4.69, 9.17) is 20.2 Å². The second-order valence-corrected chi connectivity index (χ2v) is 9.84. The van der Waals surface area contributed by atoms with Gasteiger partial charge >= 0.3 is 6.09 Å². The van der Waals surface area contributed by atoms with Gasteiger partial charge in [0, 0.05) is 24.5 Å². The lowest BCUT2D eigenvalue weighted by Crippen LogP contribution is -2.50. The largest absolute Gasteiger partial charge is 0.444 e. The van der Waals surface area contributed by atoms with Gasteiger partial charge in [-0.1, -0.05) is 0 Å². The summed E-state index contributed by atoms with van der Waals surface area (Å²) in [5, 5.41) is 6.98. The number of nitrogens with two attached hydrogens (primary N) is 1. The van der Waals surface area contributed by atoms with Crippen molar-refractivity contribution in [1.29, 1.82) is 0 Å². The van der Waals surface area contributed by atoms with Crippen LogP contribution in [0.4, 0.5) is 16.4 Å². The monoisotopic (exact) mass is 481 g/mol. The number of piperidine rings is 1. The van der Waals surface area contributed by atoms with Crippen LogP contribution in [0.2, 0.25) is 0 Å². The first-order chi connectivity index (χ1) is 14.1. The van der Waals surface area contributed by atoms with Crippen LogP contribution < -0.4 is 16.0 Å². The van der Waals surface area contributed by atoms with E-state index in [2.05, 4.69) is 36.2 Å². The number of nitrogens with zero attached hydrogens (tertiary/aromatic N) is 5. The molecule has 0 aromatic carbocycles. The summed E-state index contributed by atoms with van der Waals surface area (Å²) in [5.41, 5.74) is 6.45. The number of carbonyl (C=O) groups excluding carboxylic acids is 1. The van der Waals surface area contributed by atoms with Crippen molar-refractivity contribution in [2.45, 2.75) is 58.3 Å². The molecule has 2 aliphatic heterocycles. The zero-order chi connectivity index (χ0) is 21.7. The molecule has 0 aliphatic carbocycles. The lowest BCUT2D eigenvalue weighted by Gasteiger charge is -2.41. The quantitative estimate of drug-likeness (QED) is 0.671. The molecule has 4 rings (SSSR count). The molecule has 2 saturated heterocycles. The van der Waals surface area contributed by atoms with Gasteiger partial charge in [0.05, 0.1) is 12.7 Å². The van der Waals surface area contributed by atoms with Gasteiger partial charge in [-0.05, 0) is 56.5 Å². The molecule has 11 heteroatoms. The fourth-order valence-corrected chi connectivity index (χ4v) is 4.62. The molecular formula is C19H28BrN7O3. The smallest absolute Gasteiger partial charge is 0.413 e. The predicted octanol–water partition coefficient (Wildman–Crippen LogP) is 2.57. The summed E-state index contributed by atoms with van der Waals surface area (Å²) in [6.45, 7) is 9.70. The molecule has 164 valence electrons. The van der Waals surface area contributed by atoms with Gasteiger partial charge in [-0.2, -0.15) is 9.61 Å². The van der Waals surface area contributed by atoms with Crippen LogP contribution in [0, 0.1) is 5.41 Å². The molecule has 0 unspecified atom stereocenters. The summed E-state index contributed by atoms with van der Waals surface area (Å²) < 4.78 is 13.3. The molecule has 1 spiro atoms. The average molecular weight is 482 g/mol. The van der Waals surface area contributed by atoms with Gasteiger partial charge in [0.1, 0.15) is 11.9 Å². The van der Waals surface area contributed by atoms with Crippen molar-refractivity contribution in [1.82, 2.24) is 19.6 Å². The van der Waals surface area contributed by atoms with Crippen LogP contribution in [0.15, 0.2) is 10.9 Å². The van der Waals surface area contributed by atoms with Crippen LogP contribution in [0.25, 0.3) is 5.65 Å². The highest BCUT2D eigenvalue weighted by atomic mass is 79.9. The molecule has 2 atom stereocenters. The Morgan fingerprint density at radius 3 is 2.70 bits per heavy atom. The predicted molar refractivity (Wildman–Crippen MR) is 116 cm³/mol. The van der Waals surface area contributed by atoms with Gasteiger partial charge in [-0.3, -0.25) is 5.32 Å². The Labute approximate surface area is 183 Å². The molecule has 2 fully saturated rings. The summed E-state index contributed by atoms with van der Waals surface area (Å²) in [4.78, 5) is 23.5. The number of aromatic nitrogens is 4. The summed E-state index contributed by atoms with van der Waals surface area (Å²) in [5.74, 6) is 0.990. The number of fused-ring (bicyclic) bond motifs is 1. The van der Waals surface area contributed by atoms with Gasteiger partial charge in [-0.25, -0.2) is 14.8 Å². The second kappa shape index (κ2) is 7.61. The molecule has 4 heterocycles. The number of ether oxygens (including phenoxy) is 2. The van der Waals surface area contributed by atoms with Crippen molar-refractivity contribution in [3.63, 3.8) is 0 Å². The molecular weight excluding hydrogens is 454 g/mol. The van der Waals surface area contributed by atoms with E-state index >= 15 is 0 Å². The molecule has 30 heavy (non-hydrogen) atoms. The number of anilines is 2. The van der Waals surface area contributed by atoms with Crippen molar-refractivity contribution in [3.8, 4) is 0 Å². The Morgan fingerprint density at radius 1 is 1.40 bits per heavy atom. The van der Waals surface area contributed by atoms with Crippen LogP contribution in [-0.2, 0) is 9.47 Å². The Kier molecular flexibility index (Phi) is 5.39. The van der Waals surface area contributed by atoms with Crippen molar-refractivity contribution < 1.29 is 14.3 Å². The van der Waals surface area contributed by atoms with Crippen LogP contribution in [0.3, 0.4) is 0 Å². The van der Waals surface area contributed by atoms with Gasteiger partial charge < -0.3 is 20.1 Å². The summed E-state index contributed by atoms with van der Waals surface area (Å²) in [7, 11) is 0. The number of hydrogen-bond acceptors (Lipinski definition) is 8. The van der Waals surface area contributed by atoms with E-state index in [1.165, 1.54) is 6.33 Å². The van der Waals surface area contributed by atoms with E-state index < -0.39 is 11.7 Å². The third-order valence-corrected chi connectivity index (χ3v) is 6.58. The molecule has 2 aliphatic rings. The van der Waals surface area contributed by atoms with E-state index in [9.17, 15) is 4.79 Å². The highest BCUT2D eigenvalue weighted by Gasteiger charge is 2.47. The maximum absolute atomic E-state index is 12.3. The van der Waals surface area contributed by atoms with E-state index in [1.807, 2.05) is 27.7 Å². The number of halogens is 1. The first kappa shape index (κ1) is 21.3. The number of hydrogen-bond donors (Lipinski definition) is 2. The molecule has 2 aromatic rings. The minimum absolute atomic E-state index is 0.00678. The Bertz CT molecular complexity index is 949. The number of amides is 1. The topological polar surface area (TPSA) is 120 Å². The first-order valence-corrected chi connectivity index (χ1v) is 10.9. The van der Waals surface area contributed by atoms with Crippen LogP contribution in [0.5, 0.6) is 0 Å². The van der Waals surface area contributed by atoms with Crippen molar-refractivity contribution in [2.24, 2.45) is 11.1 Å². The fraction of sp³-hybridized carbons (Fsp3) is 0.684. The second-order valence-electron chi connectivity index (χ2n) is 9.09. The zero-order valence-corrected chi connectivity index (χ0v) is 19.3. The van der Waals surface area contributed by atoms with Gasteiger partial charge in [0.2, 0.25) is 0 Å². The molecule has 1 amide bonds. The van der Waals surface area contributed by atoms with E-state index in [1.54, 1.807) is 4.52 Å². The molecule has 10 nitrogen and oxygen atoms in total. The highest BCUT2D eigenvalue weighted by Crippen LogP contribution is 2.42. The molecule has 0 saturated carbocycles. The third-order valence-electron chi connectivity index (χ3n) is 5.87. The number of nitrogens with one attached hydrogen (secondary N) is 1. The van der Waals surface area contributed by atoms with Crippen LogP contribution in [-0.4, -0.2) is 63.1 Å². The van der Waals surface area contributed by atoms with Crippen LogP contribution in [0.1, 0.15) is 40.5 Å². The normalized spacial score (nSPS) is 23.9. The number of carbonyl (C=O) groups is 1. The molecule has 0 radical (unpaired) electrons. The maximum atomic E-state index is 12.3.